The van der Waals surface area contributed by atoms with Crippen LogP contribution in [0.3, 0.4) is 0 Å². The first-order valence-corrected chi connectivity index (χ1v) is 23.7. The summed E-state index contributed by atoms with van der Waals surface area (Å²) in [4.78, 5) is 0. The molecule has 0 heterocycles. The van der Waals surface area contributed by atoms with Gasteiger partial charge in [0.2, 0.25) is 0 Å². The fourth-order valence-electron chi connectivity index (χ4n) is 6.53. The van der Waals surface area contributed by atoms with E-state index in [1.165, 1.54) is 128 Å². The Balaban J connectivity index is 4.65. The van der Waals surface area contributed by atoms with Crippen LogP contribution in [0.25, 0.3) is 0 Å². The maximum Gasteiger partial charge on any atom is 0.179 e. The van der Waals surface area contributed by atoms with Crippen molar-refractivity contribution in [3.63, 3.8) is 0 Å². The summed E-state index contributed by atoms with van der Waals surface area (Å²) < 4.78 is 42.2. The van der Waals surface area contributed by atoms with Crippen LogP contribution in [0.2, 0.25) is 0 Å². The molecule has 0 bridgehead atoms. The van der Waals surface area contributed by atoms with Crippen molar-refractivity contribution in [2.45, 2.75) is 245 Å². The Labute approximate surface area is 342 Å². The molecule has 2 atom stereocenters. The summed E-state index contributed by atoms with van der Waals surface area (Å²) in [5.41, 5.74) is 0. The van der Waals surface area contributed by atoms with E-state index in [4.69, 9.17) is 33.2 Å². The Morgan fingerprint density at radius 1 is 0.345 bits per heavy atom. The molecule has 2 unspecified atom stereocenters. The highest BCUT2D eigenvalue weighted by molar-refractivity contribution is 4.89. The number of allylic oxidation sites excluding steroid dienone is 2. The van der Waals surface area contributed by atoms with Gasteiger partial charge in [0.05, 0.1) is 0 Å². The van der Waals surface area contributed by atoms with Gasteiger partial charge in [0.15, 0.2) is 25.2 Å². The van der Waals surface area contributed by atoms with Gasteiger partial charge in [-0.2, -0.15) is 0 Å². The third kappa shape index (κ3) is 39.8. The molecule has 0 radical (unpaired) electrons. The van der Waals surface area contributed by atoms with E-state index in [1.807, 2.05) is 12.2 Å². The topological polar surface area (TPSA) is 64.6 Å². The van der Waals surface area contributed by atoms with Gasteiger partial charge in [0, 0.05) is 40.6 Å². The molecule has 0 aliphatic heterocycles. The molecular weight excluding hydrogens is 689 g/mol. The molecule has 0 fully saturated rings. The average molecular weight is 783 g/mol. The molecule has 55 heavy (non-hydrogen) atoms. The quantitative estimate of drug-likeness (QED) is 0.0346. The normalized spacial score (nSPS) is 13.4. The van der Waals surface area contributed by atoms with Crippen molar-refractivity contribution >= 4 is 0 Å². The van der Waals surface area contributed by atoms with Crippen LogP contribution >= 0.6 is 0 Å². The van der Waals surface area contributed by atoms with Crippen LogP contribution in [0.1, 0.15) is 220 Å². The molecule has 0 N–H and O–H groups in total. The lowest BCUT2D eigenvalue weighted by Gasteiger charge is -2.19. The number of hydrogen-bond donors (Lipinski definition) is 0. The molecule has 0 aliphatic carbocycles. The summed E-state index contributed by atoms with van der Waals surface area (Å²) in [7, 11) is 3.34. The maximum absolute atomic E-state index is 6.22. The van der Waals surface area contributed by atoms with E-state index in [2.05, 4.69) is 39.8 Å². The van der Waals surface area contributed by atoms with Crippen LogP contribution in [0.15, 0.2) is 24.3 Å². The molecule has 7 nitrogen and oxygen atoms in total. The molecule has 0 saturated heterocycles. The van der Waals surface area contributed by atoms with Crippen molar-refractivity contribution in [3.8, 4) is 0 Å². The third-order valence-electron chi connectivity index (χ3n) is 10.1. The summed E-state index contributed by atoms with van der Waals surface area (Å²) in [5, 5.41) is 0. The van der Waals surface area contributed by atoms with Gasteiger partial charge in [-0.15, -0.1) is 0 Å². The fraction of sp³-hybridized carbons (Fsp3) is 0.917. The monoisotopic (exact) mass is 783 g/mol. The Bertz CT molecular complexity index is 677. The maximum atomic E-state index is 6.22. The van der Waals surface area contributed by atoms with Crippen LogP contribution in [-0.4, -0.2) is 65.8 Å². The molecule has 328 valence electrons. The molecular formula is C48H94O7. The second-order valence-corrected chi connectivity index (χ2v) is 15.5. The number of hydrogen-bond acceptors (Lipinski definition) is 7. The minimum Gasteiger partial charge on any atom is -0.353 e. The van der Waals surface area contributed by atoms with Crippen LogP contribution < -0.4 is 0 Å². The molecule has 0 amide bonds. The Kier molecular flexibility index (Phi) is 45.2. The fourth-order valence-corrected chi connectivity index (χ4v) is 6.53. The number of unbranched alkanes of at least 4 members (excludes halogenated alkanes) is 22. The van der Waals surface area contributed by atoms with E-state index in [-0.39, 0.29) is 12.6 Å². The van der Waals surface area contributed by atoms with Crippen LogP contribution in [-0.2, 0) is 33.2 Å². The first-order chi connectivity index (χ1) is 27.1. The van der Waals surface area contributed by atoms with Crippen LogP contribution in [0.5, 0.6) is 0 Å². The SMILES string of the molecule is CCCCCCCCOC(CCCC=CC(OC)OC(C=CCCCC(OCCCCCCCC)OCCCCCCCC)OC)OCCCCCCCC. The summed E-state index contributed by atoms with van der Waals surface area (Å²) in [6, 6.07) is 0. The predicted molar refractivity (Wildman–Crippen MR) is 234 cm³/mol. The molecule has 0 aromatic carbocycles. The summed E-state index contributed by atoms with van der Waals surface area (Å²) in [6.45, 7) is 12.2. The van der Waals surface area contributed by atoms with Gasteiger partial charge in [0.25, 0.3) is 0 Å². The van der Waals surface area contributed by atoms with E-state index < -0.39 is 12.6 Å². The molecule has 0 aromatic rings. The standard InChI is InChI=1S/C48H94O7/c1-7-11-15-19-23-33-41-51-47(52-42-34-24-20-16-12-8-2)39-31-27-29-37-45(49-5)55-46(50-6)38-30-28-32-40-48(53-43-35-25-21-17-13-9-3)54-44-36-26-22-18-14-10-4/h29-30,37-38,45-48H,7-28,31-36,39-44H2,1-6H3. The van der Waals surface area contributed by atoms with Gasteiger partial charge in [-0.3, -0.25) is 0 Å². The van der Waals surface area contributed by atoms with Gasteiger partial charge in [0.1, 0.15) is 0 Å². The highest BCUT2D eigenvalue weighted by Gasteiger charge is 2.13. The Morgan fingerprint density at radius 3 is 0.891 bits per heavy atom. The predicted octanol–water partition coefficient (Wildman–Crippen LogP) is 14.6. The van der Waals surface area contributed by atoms with E-state index >= 15 is 0 Å². The lowest BCUT2D eigenvalue weighted by molar-refractivity contribution is -0.188. The number of ether oxygens (including phenoxy) is 7. The van der Waals surface area contributed by atoms with E-state index in [0.29, 0.717) is 0 Å². The molecule has 0 rings (SSSR count). The van der Waals surface area contributed by atoms with Crippen molar-refractivity contribution in [3.05, 3.63) is 24.3 Å². The zero-order valence-corrected chi connectivity index (χ0v) is 37.5. The smallest absolute Gasteiger partial charge is 0.179 e. The molecule has 0 aromatic heterocycles. The van der Waals surface area contributed by atoms with Gasteiger partial charge >= 0.3 is 0 Å². The molecule has 0 saturated carbocycles. The van der Waals surface area contributed by atoms with Crippen molar-refractivity contribution < 1.29 is 33.2 Å². The summed E-state index contributed by atoms with van der Waals surface area (Å²) >= 11 is 0. The highest BCUT2D eigenvalue weighted by atomic mass is 16.8. The highest BCUT2D eigenvalue weighted by Crippen LogP contribution is 2.15. The minimum atomic E-state index is -0.478. The zero-order valence-electron chi connectivity index (χ0n) is 37.5. The molecule has 0 aliphatic rings. The van der Waals surface area contributed by atoms with Crippen LogP contribution in [0, 0.1) is 0 Å². The lowest BCUT2D eigenvalue weighted by Crippen LogP contribution is -2.22. The summed E-state index contributed by atoms with van der Waals surface area (Å²) in [5.74, 6) is 0. The van der Waals surface area contributed by atoms with E-state index in [0.717, 1.165) is 90.6 Å². The first kappa shape index (κ1) is 54.2. The second-order valence-electron chi connectivity index (χ2n) is 15.5. The van der Waals surface area contributed by atoms with Crippen LogP contribution in [0.4, 0.5) is 0 Å². The number of methoxy groups -OCH3 is 2. The van der Waals surface area contributed by atoms with E-state index in [1.54, 1.807) is 14.2 Å². The Morgan fingerprint density at radius 2 is 0.618 bits per heavy atom. The molecule has 7 heteroatoms. The first-order valence-electron chi connectivity index (χ1n) is 23.7. The van der Waals surface area contributed by atoms with Crippen molar-refractivity contribution in [2.24, 2.45) is 0 Å². The van der Waals surface area contributed by atoms with Crippen molar-refractivity contribution in [2.75, 3.05) is 40.6 Å². The third-order valence-corrected chi connectivity index (χ3v) is 10.1. The average Bonchev–Trinajstić information content (AvgIpc) is 3.20. The summed E-state index contributed by atoms with van der Waals surface area (Å²) in [6.07, 6.45) is 43.1. The van der Waals surface area contributed by atoms with Gasteiger partial charge in [-0.05, 0) is 76.4 Å². The second kappa shape index (κ2) is 45.9. The Hall–Kier alpha value is -0.800. The van der Waals surface area contributed by atoms with Gasteiger partial charge in [-0.25, -0.2) is 0 Å². The lowest BCUT2D eigenvalue weighted by atomic mass is 10.1. The van der Waals surface area contributed by atoms with Gasteiger partial charge in [-0.1, -0.05) is 168 Å². The van der Waals surface area contributed by atoms with Crippen molar-refractivity contribution in [1.82, 2.24) is 0 Å². The minimum absolute atomic E-state index is 0.119. The molecule has 0 spiro atoms. The van der Waals surface area contributed by atoms with Gasteiger partial charge < -0.3 is 33.2 Å². The van der Waals surface area contributed by atoms with Crippen molar-refractivity contribution in [1.29, 1.82) is 0 Å². The number of rotatable bonds is 46. The van der Waals surface area contributed by atoms with E-state index in [9.17, 15) is 0 Å². The largest absolute Gasteiger partial charge is 0.353 e. The zero-order chi connectivity index (χ0) is 40.1.